The summed E-state index contributed by atoms with van der Waals surface area (Å²) in [5, 5.41) is 3.81. The summed E-state index contributed by atoms with van der Waals surface area (Å²) in [6, 6.07) is 15.0. The van der Waals surface area contributed by atoms with Crippen molar-refractivity contribution in [2.24, 2.45) is 0 Å². The van der Waals surface area contributed by atoms with Gasteiger partial charge in [0, 0.05) is 36.1 Å². The number of hydrogen-bond donors (Lipinski definition) is 1. The van der Waals surface area contributed by atoms with Gasteiger partial charge < -0.3 is 14.6 Å². The molecule has 0 fully saturated rings. The highest BCUT2D eigenvalue weighted by molar-refractivity contribution is 6.43. The Morgan fingerprint density at radius 2 is 1.87 bits per heavy atom. The summed E-state index contributed by atoms with van der Waals surface area (Å²) in [4.78, 5) is 14.6. The lowest BCUT2D eigenvalue weighted by Gasteiger charge is -2.22. The van der Waals surface area contributed by atoms with E-state index < -0.39 is 0 Å². The molecule has 3 rings (SSSR count). The molecule has 0 aliphatic rings. The molecule has 0 bridgehead atoms. The molecule has 0 saturated carbocycles. The number of amides is 1. The Bertz CT molecular complexity index is 1070. The van der Waals surface area contributed by atoms with E-state index in [0.717, 1.165) is 30.0 Å². The third-order valence-corrected chi connectivity index (χ3v) is 5.66. The number of nitrogens with zero attached hydrogens (tertiary/aromatic N) is 1. The second-order valence-corrected chi connectivity index (χ2v) is 7.58. The van der Waals surface area contributed by atoms with E-state index in [4.69, 9.17) is 27.6 Å². The van der Waals surface area contributed by atoms with Crippen LogP contribution in [0.3, 0.4) is 0 Å². The largest absolute Gasteiger partial charge is 0.457 e. The first kappa shape index (κ1) is 22.0. The van der Waals surface area contributed by atoms with Crippen LogP contribution in [0.25, 0.3) is 17.4 Å². The second-order valence-electron chi connectivity index (χ2n) is 6.80. The first-order valence-corrected chi connectivity index (χ1v) is 10.6. The molecule has 0 aliphatic heterocycles. The van der Waals surface area contributed by atoms with Gasteiger partial charge in [0.1, 0.15) is 11.5 Å². The molecule has 0 aliphatic carbocycles. The van der Waals surface area contributed by atoms with E-state index >= 15 is 0 Å². The Morgan fingerprint density at radius 3 is 2.57 bits per heavy atom. The number of carbonyl (C=O) groups excluding carboxylic acids is 1. The topological polar surface area (TPSA) is 45.5 Å². The van der Waals surface area contributed by atoms with Gasteiger partial charge in [0.25, 0.3) is 0 Å². The summed E-state index contributed by atoms with van der Waals surface area (Å²) in [6.45, 7) is 8.12. The van der Waals surface area contributed by atoms with Crippen LogP contribution < -0.4 is 10.2 Å². The maximum absolute atomic E-state index is 12.4. The number of aryl methyl sites for hydroxylation is 1. The Kier molecular flexibility index (Phi) is 7.24. The van der Waals surface area contributed by atoms with Crippen LogP contribution in [0.1, 0.15) is 25.2 Å². The van der Waals surface area contributed by atoms with E-state index in [-0.39, 0.29) is 5.91 Å². The lowest BCUT2D eigenvalue weighted by atomic mass is 10.1. The molecule has 1 aromatic heterocycles. The number of hydrogen-bond acceptors (Lipinski definition) is 3. The minimum Gasteiger partial charge on any atom is -0.457 e. The summed E-state index contributed by atoms with van der Waals surface area (Å²) in [7, 11) is 0. The zero-order valence-electron chi connectivity index (χ0n) is 17.2. The maximum Gasteiger partial charge on any atom is 0.248 e. The summed E-state index contributed by atoms with van der Waals surface area (Å²) >= 11 is 12.3. The number of halogens is 2. The van der Waals surface area contributed by atoms with Crippen molar-refractivity contribution in [1.82, 2.24) is 0 Å². The van der Waals surface area contributed by atoms with E-state index in [1.807, 2.05) is 31.2 Å². The van der Waals surface area contributed by atoms with Gasteiger partial charge in [-0.2, -0.15) is 0 Å². The highest BCUT2D eigenvalue weighted by Crippen LogP contribution is 2.34. The molecule has 0 spiro atoms. The Hall–Kier alpha value is -2.69. The summed E-state index contributed by atoms with van der Waals surface area (Å²) < 4.78 is 5.78. The van der Waals surface area contributed by atoms with Crippen LogP contribution in [-0.4, -0.2) is 19.0 Å². The van der Waals surface area contributed by atoms with Crippen LogP contribution >= 0.6 is 23.2 Å². The van der Waals surface area contributed by atoms with Crippen molar-refractivity contribution in [3.8, 4) is 11.3 Å². The van der Waals surface area contributed by atoms with Crippen molar-refractivity contribution in [1.29, 1.82) is 0 Å². The van der Waals surface area contributed by atoms with E-state index in [9.17, 15) is 4.79 Å². The fourth-order valence-electron chi connectivity index (χ4n) is 3.19. The third-order valence-electron chi connectivity index (χ3n) is 4.84. The number of rotatable bonds is 7. The fourth-order valence-corrected chi connectivity index (χ4v) is 3.58. The van der Waals surface area contributed by atoms with Crippen LogP contribution in [0.4, 0.5) is 11.4 Å². The Morgan fingerprint density at radius 1 is 1.10 bits per heavy atom. The van der Waals surface area contributed by atoms with Crippen molar-refractivity contribution in [2.75, 3.05) is 23.3 Å². The summed E-state index contributed by atoms with van der Waals surface area (Å²) in [5.41, 5.74) is 3.65. The molecular weight excluding hydrogens is 419 g/mol. The molecule has 3 aromatic rings. The third kappa shape index (κ3) is 5.07. The minimum atomic E-state index is -0.229. The Balaban J connectivity index is 1.68. The van der Waals surface area contributed by atoms with Crippen molar-refractivity contribution in [3.63, 3.8) is 0 Å². The molecule has 30 heavy (non-hydrogen) atoms. The van der Waals surface area contributed by atoms with Crippen molar-refractivity contribution < 1.29 is 9.21 Å². The van der Waals surface area contributed by atoms with Gasteiger partial charge in [-0.25, -0.2) is 0 Å². The van der Waals surface area contributed by atoms with Crippen molar-refractivity contribution in [3.05, 3.63) is 76.0 Å². The van der Waals surface area contributed by atoms with Gasteiger partial charge in [-0.1, -0.05) is 29.3 Å². The minimum absolute atomic E-state index is 0.229. The molecular formula is C24H24Cl2N2O2. The van der Waals surface area contributed by atoms with E-state index in [2.05, 4.69) is 30.1 Å². The van der Waals surface area contributed by atoms with Crippen LogP contribution in [0, 0.1) is 6.92 Å². The van der Waals surface area contributed by atoms with Gasteiger partial charge in [-0.3, -0.25) is 4.79 Å². The highest BCUT2D eigenvalue weighted by Gasteiger charge is 2.11. The molecule has 0 saturated heterocycles. The van der Waals surface area contributed by atoms with Crippen LogP contribution in [0.2, 0.25) is 10.0 Å². The molecule has 4 nitrogen and oxygen atoms in total. The van der Waals surface area contributed by atoms with Gasteiger partial charge in [0.05, 0.1) is 10.0 Å². The van der Waals surface area contributed by atoms with E-state index in [1.54, 1.807) is 24.3 Å². The summed E-state index contributed by atoms with van der Waals surface area (Å²) in [6.07, 6.45) is 3.07. The van der Waals surface area contributed by atoms with Crippen molar-refractivity contribution >= 4 is 46.6 Å². The van der Waals surface area contributed by atoms with Gasteiger partial charge in [0.2, 0.25) is 5.91 Å². The van der Waals surface area contributed by atoms with Crippen LogP contribution in [0.15, 0.2) is 59.0 Å². The average molecular weight is 443 g/mol. The molecule has 1 amide bonds. The normalized spacial score (nSPS) is 11.1. The van der Waals surface area contributed by atoms with Crippen LogP contribution in [-0.2, 0) is 4.79 Å². The first-order valence-electron chi connectivity index (χ1n) is 9.81. The molecule has 1 N–H and O–H groups in total. The zero-order valence-corrected chi connectivity index (χ0v) is 18.7. The SMILES string of the molecule is CCN(CC)c1ccc(NC(=O)/C=C/c2ccc(-c3cccc(Cl)c3Cl)o2)c(C)c1. The number of nitrogens with one attached hydrogen (secondary N) is 1. The highest BCUT2D eigenvalue weighted by atomic mass is 35.5. The molecule has 0 radical (unpaired) electrons. The van der Waals surface area contributed by atoms with Gasteiger partial charge in [-0.05, 0) is 74.9 Å². The number of furan rings is 1. The summed E-state index contributed by atoms with van der Waals surface area (Å²) in [5.74, 6) is 0.905. The monoisotopic (exact) mass is 442 g/mol. The molecule has 2 aromatic carbocycles. The van der Waals surface area contributed by atoms with E-state index in [0.29, 0.717) is 27.1 Å². The number of carbonyl (C=O) groups is 1. The average Bonchev–Trinajstić information content (AvgIpc) is 3.20. The standard InChI is InChI=1S/C24H24Cl2N2O2/c1-4-28(5-2)17-9-12-21(16(3)15-17)27-23(29)14-11-18-10-13-22(30-18)19-7-6-8-20(25)24(19)26/h6-15H,4-5H2,1-3H3,(H,27,29)/b14-11+. The molecule has 0 atom stereocenters. The van der Waals surface area contributed by atoms with Gasteiger partial charge >= 0.3 is 0 Å². The fraction of sp³-hybridized carbons (Fsp3) is 0.208. The van der Waals surface area contributed by atoms with Crippen LogP contribution in [0.5, 0.6) is 0 Å². The number of benzene rings is 2. The maximum atomic E-state index is 12.4. The predicted molar refractivity (Wildman–Crippen MR) is 127 cm³/mol. The first-order chi connectivity index (χ1) is 14.4. The lowest BCUT2D eigenvalue weighted by molar-refractivity contribution is -0.111. The van der Waals surface area contributed by atoms with Crippen molar-refractivity contribution in [2.45, 2.75) is 20.8 Å². The molecule has 0 unspecified atom stereocenters. The smallest absolute Gasteiger partial charge is 0.248 e. The Labute approximate surface area is 187 Å². The van der Waals surface area contributed by atoms with E-state index in [1.165, 1.54) is 6.08 Å². The zero-order chi connectivity index (χ0) is 21.7. The number of anilines is 2. The van der Waals surface area contributed by atoms with Gasteiger partial charge in [-0.15, -0.1) is 0 Å². The second kappa shape index (κ2) is 9.88. The predicted octanol–water partition coefficient (Wildman–Crippen LogP) is 7.06. The molecule has 156 valence electrons. The molecule has 1 heterocycles. The lowest BCUT2D eigenvalue weighted by Crippen LogP contribution is -2.22. The molecule has 6 heteroatoms. The quantitative estimate of drug-likeness (QED) is 0.398. The van der Waals surface area contributed by atoms with Gasteiger partial charge in [0.15, 0.2) is 0 Å².